The zero-order chi connectivity index (χ0) is 14.1. The molecule has 0 atom stereocenters. The van der Waals surface area contributed by atoms with Gasteiger partial charge in [-0.25, -0.2) is 0 Å². The number of aromatic nitrogens is 1. The largest absolute Gasteiger partial charge is 0.265 e. The SMILES string of the molecule is C(=Nc1ccc2c(c1)Cc1ccccc1-2)c1ccncc1. The molecule has 0 fully saturated rings. The average molecular weight is 270 g/mol. The van der Waals surface area contributed by atoms with E-state index >= 15 is 0 Å². The molecule has 1 heterocycles. The zero-order valence-electron chi connectivity index (χ0n) is 11.5. The smallest absolute Gasteiger partial charge is 0.0633 e. The van der Waals surface area contributed by atoms with Crippen LogP contribution in [0.5, 0.6) is 0 Å². The van der Waals surface area contributed by atoms with Gasteiger partial charge >= 0.3 is 0 Å². The highest BCUT2D eigenvalue weighted by Gasteiger charge is 2.17. The Labute approximate surface area is 123 Å². The van der Waals surface area contributed by atoms with Crippen molar-refractivity contribution in [2.24, 2.45) is 4.99 Å². The van der Waals surface area contributed by atoms with Gasteiger partial charge in [-0.05, 0) is 58.5 Å². The van der Waals surface area contributed by atoms with Crippen LogP contribution >= 0.6 is 0 Å². The molecule has 100 valence electrons. The molecule has 0 saturated carbocycles. The second-order valence-corrected chi connectivity index (χ2v) is 5.21. The Kier molecular flexibility index (Phi) is 2.86. The molecule has 21 heavy (non-hydrogen) atoms. The van der Waals surface area contributed by atoms with Crippen molar-refractivity contribution in [2.75, 3.05) is 0 Å². The monoisotopic (exact) mass is 270 g/mol. The Balaban J connectivity index is 1.66. The van der Waals surface area contributed by atoms with Crippen molar-refractivity contribution in [2.45, 2.75) is 6.42 Å². The van der Waals surface area contributed by atoms with Crippen molar-refractivity contribution in [1.29, 1.82) is 0 Å². The molecule has 2 aromatic carbocycles. The molecule has 0 N–H and O–H groups in total. The van der Waals surface area contributed by atoms with Crippen LogP contribution in [0.15, 0.2) is 72.0 Å². The molecular formula is C19H14N2. The maximum Gasteiger partial charge on any atom is 0.0633 e. The van der Waals surface area contributed by atoms with Crippen LogP contribution in [0.1, 0.15) is 16.7 Å². The van der Waals surface area contributed by atoms with E-state index in [4.69, 9.17) is 0 Å². The molecular weight excluding hydrogens is 256 g/mol. The maximum atomic E-state index is 4.56. The molecule has 1 aliphatic carbocycles. The number of benzene rings is 2. The summed E-state index contributed by atoms with van der Waals surface area (Å²) < 4.78 is 0. The van der Waals surface area contributed by atoms with Gasteiger partial charge in [0.05, 0.1) is 5.69 Å². The number of hydrogen-bond acceptors (Lipinski definition) is 2. The number of aliphatic imine (C=N–C) groups is 1. The molecule has 0 bridgehead atoms. The third-order valence-corrected chi connectivity index (χ3v) is 3.85. The summed E-state index contributed by atoms with van der Waals surface area (Å²) in [5.74, 6) is 0. The van der Waals surface area contributed by atoms with Crippen LogP contribution in [0.25, 0.3) is 11.1 Å². The van der Waals surface area contributed by atoms with Crippen LogP contribution in [-0.4, -0.2) is 11.2 Å². The summed E-state index contributed by atoms with van der Waals surface area (Å²) in [5.41, 5.74) is 7.53. The van der Waals surface area contributed by atoms with E-state index in [1.807, 2.05) is 18.3 Å². The molecule has 3 aromatic rings. The molecule has 0 amide bonds. The minimum absolute atomic E-state index is 0.998. The molecule has 2 nitrogen and oxygen atoms in total. The molecule has 1 aromatic heterocycles. The maximum absolute atomic E-state index is 4.56. The third-order valence-electron chi connectivity index (χ3n) is 3.85. The van der Waals surface area contributed by atoms with Crippen LogP contribution in [0.2, 0.25) is 0 Å². The molecule has 2 heteroatoms. The summed E-state index contributed by atoms with van der Waals surface area (Å²) in [4.78, 5) is 8.57. The Hall–Kier alpha value is -2.74. The highest BCUT2D eigenvalue weighted by Crippen LogP contribution is 2.37. The summed E-state index contributed by atoms with van der Waals surface area (Å²) in [5, 5.41) is 0. The quantitative estimate of drug-likeness (QED) is 0.495. The van der Waals surface area contributed by atoms with Crippen LogP contribution in [-0.2, 0) is 6.42 Å². The summed E-state index contributed by atoms with van der Waals surface area (Å²) in [7, 11) is 0. The first kappa shape index (κ1) is 12.0. The fourth-order valence-corrected chi connectivity index (χ4v) is 2.81. The lowest BCUT2D eigenvalue weighted by molar-refractivity contribution is 1.26. The van der Waals surface area contributed by atoms with Gasteiger partial charge in [-0.1, -0.05) is 30.3 Å². The second-order valence-electron chi connectivity index (χ2n) is 5.21. The van der Waals surface area contributed by atoms with Crippen LogP contribution in [0.3, 0.4) is 0 Å². The molecule has 0 radical (unpaired) electrons. The van der Waals surface area contributed by atoms with Crippen molar-refractivity contribution in [3.05, 3.63) is 83.7 Å². The summed E-state index contributed by atoms with van der Waals surface area (Å²) in [6.45, 7) is 0. The van der Waals surface area contributed by atoms with Gasteiger partial charge in [0.15, 0.2) is 0 Å². The number of pyridine rings is 1. The van der Waals surface area contributed by atoms with E-state index in [1.54, 1.807) is 12.4 Å². The normalized spacial score (nSPS) is 12.4. The fraction of sp³-hybridized carbons (Fsp3) is 0.0526. The fourth-order valence-electron chi connectivity index (χ4n) is 2.81. The van der Waals surface area contributed by atoms with Gasteiger partial charge in [-0.3, -0.25) is 9.98 Å². The van der Waals surface area contributed by atoms with Crippen LogP contribution in [0.4, 0.5) is 5.69 Å². The van der Waals surface area contributed by atoms with Gasteiger partial charge < -0.3 is 0 Å². The lowest BCUT2D eigenvalue weighted by Gasteiger charge is -2.01. The first-order valence-corrected chi connectivity index (χ1v) is 7.05. The minimum Gasteiger partial charge on any atom is -0.265 e. The van der Waals surface area contributed by atoms with Crippen molar-refractivity contribution < 1.29 is 0 Å². The third kappa shape index (κ3) is 2.25. The summed E-state index contributed by atoms with van der Waals surface area (Å²) >= 11 is 0. The summed E-state index contributed by atoms with van der Waals surface area (Å²) in [6.07, 6.45) is 6.44. The first-order chi connectivity index (χ1) is 10.4. The van der Waals surface area contributed by atoms with Crippen molar-refractivity contribution in [3.8, 4) is 11.1 Å². The number of fused-ring (bicyclic) bond motifs is 3. The van der Waals surface area contributed by atoms with E-state index in [2.05, 4.69) is 52.4 Å². The predicted octanol–water partition coefficient (Wildman–Crippen LogP) is 4.40. The predicted molar refractivity (Wildman–Crippen MR) is 86.2 cm³/mol. The highest BCUT2D eigenvalue weighted by atomic mass is 14.7. The Bertz CT molecular complexity index is 820. The lowest BCUT2D eigenvalue weighted by Crippen LogP contribution is -1.82. The van der Waals surface area contributed by atoms with E-state index in [-0.39, 0.29) is 0 Å². The van der Waals surface area contributed by atoms with Gasteiger partial charge in [0.25, 0.3) is 0 Å². The van der Waals surface area contributed by atoms with Crippen molar-refractivity contribution in [1.82, 2.24) is 4.98 Å². The first-order valence-electron chi connectivity index (χ1n) is 7.05. The molecule has 4 rings (SSSR count). The van der Waals surface area contributed by atoms with Crippen molar-refractivity contribution >= 4 is 11.9 Å². The minimum atomic E-state index is 0.998. The summed E-state index contributed by atoms with van der Waals surface area (Å²) in [6, 6.07) is 19.0. The zero-order valence-corrected chi connectivity index (χ0v) is 11.5. The number of nitrogens with zero attached hydrogens (tertiary/aromatic N) is 2. The topological polar surface area (TPSA) is 25.2 Å². The Morgan fingerprint density at radius 1 is 0.857 bits per heavy atom. The Morgan fingerprint density at radius 3 is 2.57 bits per heavy atom. The molecule has 1 aliphatic rings. The molecule has 0 spiro atoms. The van der Waals surface area contributed by atoms with E-state index in [1.165, 1.54) is 22.3 Å². The van der Waals surface area contributed by atoms with E-state index in [0.717, 1.165) is 17.7 Å². The van der Waals surface area contributed by atoms with E-state index in [9.17, 15) is 0 Å². The van der Waals surface area contributed by atoms with E-state index in [0.29, 0.717) is 0 Å². The highest BCUT2D eigenvalue weighted by molar-refractivity contribution is 5.83. The van der Waals surface area contributed by atoms with Crippen LogP contribution < -0.4 is 0 Å². The van der Waals surface area contributed by atoms with Crippen molar-refractivity contribution in [3.63, 3.8) is 0 Å². The number of hydrogen-bond donors (Lipinski definition) is 0. The standard InChI is InChI=1S/C19H14N2/c1-2-4-18-15(3-1)11-16-12-17(5-6-19(16)18)21-13-14-7-9-20-10-8-14/h1-10,12-13H,11H2. The molecule has 0 saturated heterocycles. The number of rotatable bonds is 2. The van der Waals surface area contributed by atoms with E-state index < -0.39 is 0 Å². The Morgan fingerprint density at radius 2 is 1.67 bits per heavy atom. The van der Waals surface area contributed by atoms with Gasteiger partial charge in [0, 0.05) is 18.6 Å². The molecule has 0 unspecified atom stereocenters. The molecule has 0 aliphatic heterocycles. The van der Waals surface area contributed by atoms with Gasteiger partial charge in [-0.15, -0.1) is 0 Å². The average Bonchev–Trinajstić information content (AvgIpc) is 2.91. The van der Waals surface area contributed by atoms with Crippen LogP contribution in [0, 0.1) is 0 Å². The van der Waals surface area contributed by atoms with Gasteiger partial charge in [0.1, 0.15) is 0 Å². The second kappa shape index (κ2) is 4.98. The van der Waals surface area contributed by atoms with Gasteiger partial charge in [-0.2, -0.15) is 0 Å². The lowest BCUT2D eigenvalue weighted by atomic mass is 10.1. The van der Waals surface area contributed by atoms with Gasteiger partial charge in [0.2, 0.25) is 0 Å².